The highest BCUT2D eigenvalue weighted by atomic mass is 35.5. The first-order valence-corrected chi connectivity index (χ1v) is 9.30. The fourth-order valence-corrected chi connectivity index (χ4v) is 3.12. The molecule has 1 N–H and O–H groups in total. The van der Waals surface area contributed by atoms with Gasteiger partial charge < -0.3 is 5.32 Å². The van der Waals surface area contributed by atoms with Crippen molar-refractivity contribution in [1.82, 2.24) is 15.0 Å². The molecule has 0 aliphatic carbocycles. The number of amides is 1. The Bertz CT molecular complexity index is 1170. The summed E-state index contributed by atoms with van der Waals surface area (Å²) in [6.45, 7) is 0. The predicted octanol–water partition coefficient (Wildman–Crippen LogP) is 5.63. The van der Waals surface area contributed by atoms with Crippen molar-refractivity contribution < 1.29 is 9.18 Å². The highest BCUT2D eigenvalue weighted by molar-refractivity contribution is 6.35. The third kappa shape index (κ3) is 4.13. The van der Waals surface area contributed by atoms with Crippen LogP contribution in [0.1, 0.15) is 10.4 Å². The summed E-state index contributed by atoms with van der Waals surface area (Å²) in [5, 5.41) is 11.6. The van der Waals surface area contributed by atoms with Gasteiger partial charge in [0.05, 0.1) is 28.3 Å². The molecule has 0 spiro atoms. The van der Waals surface area contributed by atoms with Crippen LogP contribution in [0.5, 0.6) is 0 Å². The lowest BCUT2D eigenvalue weighted by Crippen LogP contribution is -2.12. The van der Waals surface area contributed by atoms with Gasteiger partial charge in [-0.2, -0.15) is 0 Å². The number of anilines is 1. The molecule has 1 amide bonds. The molecule has 8 heteroatoms. The number of halogens is 3. The summed E-state index contributed by atoms with van der Waals surface area (Å²) in [6.07, 6.45) is 1.59. The van der Waals surface area contributed by atoms with Gasteiger partial charge in [-0.3, -0.25) is 4.79 Å². The molecule has 0 bridgehead atoms. The third-order valence-corrected chi connectivity index (χ3v) is 4.80. The Morgan fingerprint density at radius 1 is 0.966 bits per heavy atom. The van der Waals surface area contributed by atoms with Gasteiger partial charge in [0, 0.05) is 16.1 Å². The van der Waals surface area contributed by atoms with Gasteiger partial charge in [0.15, 0.2) is 0 Å². The van der Waals surface area contributed by atoms with E-state index in [1.54, 1.807) is 65.5 Å². The van der Waals surface area contributed by atoms with Gasteiger partial charge in [-0.25, -0.2) is 9.07 Å². The maximum Gasteiger partial charge on any atom is 0.255 e. The van der Waals surface area contributed by atoms with E-state index in [2.05, 4.69) is 15.6 Å². The van der Waals surface area contributed by atoms with E-state index in [9.17, 15) is 9.18 Å². The molecule has 0 saturated heterocycles. The van der Waals surface area contributed by atoms with Gasteiger partial charge in [0.25, 0.3) is 5.91 Å². The summed E-state index contributed by atoms with van der Waals surface area (Å²) in [6, 6.07) is 17.7. The Kier molecular flexibility index (Phi) is 5.29. The molecule has 0 aliphatic rings. The molecule has 1 aromatic heterocycles. The molecule has 144 valence electrons. The number of aromatic nitrogens is 3. The molecule has 0 fully saturated rings. The zero-order chi connectivity index (χ0) is 20.4. The fraction of sp³-hybridized carbons (Fsp3) is 0. The van der Waals surface area contributed by atoms with Crippen molar-refractivity contribution in [2.45, 2.75) is 0 Å². The standard InChI is InChI=1S/C21H13Cl2FN4O/c22-15-5-10-18(23)19(11-15)26-21(29)14-3-8-17(9-4-14)28-20(12-25-27-28)13-1-6-16(24)7-2-13/h1-12H,(H,26,29). The van der Waals surface area contributed by atoms with Crippen molar-refractivity contribution in [2.75, 3.05) is 5.32 Å². The molecular weight excluding hydrogens is 414 g/mol. The van der Waals surface area contributed by atoms with Gasteiger partial charge in [-0.05, 0) is 66.7 Å². The van der Waals surface area contributed by atoms with Crippen LogP contribution in [-0.4, -0.2) is 20.9 Å². The largest absolute Gasteiger partial charge is 0.321 e. The van der Waals surface area contributed by atoms with Crippen LogP contribution in [0.15, 0.2) is 72.9 Å². The Morgan fingerprint density at radius 2 is 1.69 bits per heavy atom. The van der Waals surface area contributed by atoms with Crippen molar-refractivity contribution in [1.29, 1.82) is 0 Å². The summed E-state index contributed by atoms with van der Waals surface area (Å²) in [5.74, 6) is -0.638. The summed E-state index contributed by atoms with van der Waals surface area (Å²) in [7, 11) is 0. The quantitative estimate of drug-likeness (QED) is 0.459. The van der Waals surface area contributed by atoms with Gasteiger partial charge in [-0.15, -0.1) is 5.10 Å². The van der Waals surface area contributed by atoms with E-state index in [1.807, 2.05) is 0 Å². The topological polar surface area (TPSA) is 59.8 Å². The molecule has 29 heavy (non-hydrogen) atoms. The minimum absolute atomic E-state index is 0.317. The maximum atomic E-state index is 13.2. The number of nitrogens with zero attached hydrogens (tertiary/aromatic N) is 3. The van der Waals surface area contributed by atoms with Crippen LogP contribution >= 0.6 is 23.2 Å². The normalized spacial score (nSPS) is 10.7. The van der Waals surface area contributed by atoms with Crippen molar-refractivity contribution in [3.63, 3.8) is 0 Å². The number of hydrogen-bond acceptors (Lipinski definition) is 3. The van der Waals surface area contributed by atoms with E-state index in [-0.39, 0.29) is 11.7 Å². The number of nitrogens with one attached hydrogen (secondary N) is 1. The molecule has 0 aliphatic heterocycles. The van der Waals surface area contributed by atoms with E-state index in [0.29, 0.717) is 32.7 Å². The lowest BCUT2D eigenvalue weighted by molar-refractivity contribution is 0.102. The monoisotopic (exact) mass is 426 g/mol. The van der Waals surface area contributed by atoms with E-state index in [0.717, 1.165) is 5.56 Å². The van der Waals surface area contributed by atoms with Crippen molar-refractivity contribution >= 4 is 34.8 Å². The molecule has 4 aromatic rings. The SMILES string of the molecule is O=C(Nc1cc(Cl)ccc1Cl)c1ccc(-n2nncc2-c2ccc(F)cc2)cc1. The van der Waals surface area contributed by atoms with E-state index in [4.69, 9.17) is 23.2 Å². The number of rotatable bonds is 4. The van der Waals surface area contributed by atoms with Crippen molar-refractivity contribution in [2.24, 2.45) is 0 Å². The number of benzene rings is 3. The summed E-state index contributed by atoms with van der Waals surface area (Å²) in [5.41, 5.74) is 3.05. The lowest BCUT2D eigenvalue weighted by Gasteiger charge is -2.09. The van der Waals surface area contributed by atoms with Crippen LogP contribution in [0.25, 0.3) is 16.9 Å². The van der Waals surface area contributed by atoms with Gasteiger partial charge in [0.2, 0.25) is 0 Å². The first-order chi connectivity index (χ1) is 14.0. The first kappa shape index (κ1) is 19.1. The van der Waals surface area contributed by atoms with E-state index >= 15 is 0 Å². The minimum atomic E-state index is -0.321. The third-order valence-electron chi connectivity index (χ3n) is 4.24. The molecule has 3 aromatic carbocycles. The number of carbonyl (C=O) groups excluding carboxylic acids is 1. The van der Waals surface area contributed by atoms with Gasteiger partial charge in [-0.1, -0.05) is 28.4 Å². The Morgan fingerprint density at radius 3 is 2.41 bits per heavy atom. The average Bonchev–Trinajstić information content (AvgIpc) is 3.21. The molecule has 0 radical (unpaired) electrons. The fourth-order valence-electron chi connectivity index (χ4n) is 2.78. The second-order valence-corrected chi connectivity index (χ2v) is 7.01. The predicted molar refractivity (Wildman–Crippen MR) is 111 cm³/mol. The Hall–Kier alpha value is -3.22. The van der Waals surface area contributed by atoms with Crippen LogP contribution in [0.3, 0.4) is 0 Å². The first-order valence-electron chi connectivity index (χ1n) is 8.55. The second-order valence-electron chi connectivity index (χ2n) is 6.16. The molecular formula is C21H13Cl2FN4O. The van der Waals surface area contributed by atoms with Crippen LogP contribution < -0.4 is 5.32 Å². The van der Waals surface area contributed by atoms with Crippen molar-refractivity contribution in [3.8, 4) is 16.9 Å². The van der Waals surface area contributed by atoms with Crippen LogP contribution in [-0.2, 0) is 0 Å². The Balaban J connectivity index is 1.57. The number of carbonyl (C=O) groups is 1. The lowest BCUT2D eigenvalue weighted by atomic mass is 10.1. The zero-order valence-electron chi connectivity index (χ0n) is 14.8. The smallest absolute Gasteiger partial charge is 0.255 e. The van der Waals surface area contributed by atoms with Crippen LogP contribution in [0, 0.1) is 5.82 Å². The molecule has 0 saturated carbocycles. The van der Waals surface area contributed by atoms with Gasteiger partial charge >= 0.3 is 0 Å². The van der Waals surface area contributed by atoms with E-state index < -0.39 is 0 Å². The highest BCUT2D eigenvalue weighted by Crippen LogP contribution is 2.26. The second kappa shape index (κ2) is 8.03. The maximum absolute atomic E-state index is 13.2. The van der Waals surface area contributed by atoms with Crippen molar-refractivity contribution in [3.05, 3.63) is 94.4 Å². The summed E-state index contributed by atoms with van der Waals surface area (Å²) >= 11 is 12.0. The minimum Gasteiger partial charge on any atom is -0.321 e. The van der Waals surface area contributed by atoms with Crippen LogP contribution in [0.2, 0.25) is 10.0 Å². The average molecular weight is 427 g/mol. The zero-order valence-corrected chi connectivity index (χ0v) is 16.3. The van der Waals surface area contributed by atoms with Gasteiger partial charge in [0.1, 0.15) is 5.82 Å². The summed E-state index contributed by atoms with van der Waals surface area (Å²) < 4.78 is 14.8. The molecule has 0 unspecified atom stereocenters. The molecule has 0 atom stereocenters. The number of hydrogen-bond donors (Lipinski definition) is 1. The van der Waals surface area contributed by atoms with Crippen LogP contribution in [0.4, 0.5) is 10.1 Å². The Labute approximate surface area is 175 Å². The van der Waals surface area contributed by atoms with E-state index in [1.165, 1.54) is 12.1 Å². The molecule has 4 rings (SSSR count). The molecule has 5 nitrogen and oxygen atoms in total. The highest BCUT2D eigenvalue weighted by Gasteiger charge is 2.12. The summed E-state index contributed by atoms with van der Waals surface area (Å²) in [4.78, 5) is 12.5. The molecule has 1 heterocycles.